The van der Waals surface area contributed by atoms with Crippen molar-refractivity contribution in [2.75, 3.05) is 25.0 Å². The Labute approximate surface area is 129 Å². The van der Waals surface area contributed by atoms with Gasteiger partial charge in [0.15, 0.2) is 0 Å². The minimum Gasteiger partial charge on any atom is -0.302 e. The molecule has 1 unspecified atom stereocenters. The number of hydrogen-bond donors (Lipinski definition) is 0. The maximum absolute atomic E-state index is 3.81. The molecule has 1 aliphatic rings. The number of hydrogen-bond acceptors (Lipinski definition) is 1. The average molecular weight is 332 g/mol. The van der Waals surface area contributed by atoms with Crippen LogP contribution in [0.25, 0.3) is 0 Å². The van der Waals surface area contributed by atoms with Gasteiger partial charge in [0.1, 0.15) is 0 Å². The lowest BCUT2D eigenvalue weighted by atomic mass is 9.79. The van der Waals surface area contributed by atoms with Crippen LogP contribution in [0.15, 0.2) is 0 Å². The molecule has 0 aromatic heterocycles. The summed E-state index contributed by atoms with van der Waals surface area (Å²) in [5.74, 6) is 0.878. The molecule has 1 aliphatic heterocycles. The van der Waals surface area contributed by atoms with E-state index in [0.29, 0.717) is 10.8 Å². The zero-order chi connectivity index (χ0) is 14.5. The van der Waals surface area contributed by atoms with Gasteiger partial charge in [-0.05, 0) is 42.6 Å². The number of alkyl halides is 1. The summed E-state index contributed by atoms with van der Waals surface area (Å²) in [7, 11) is 0. The minimum absolute atomic E-state index is 0.474. The van der Waals surface area contributed by atoms with Gasteiger partial charge in [-0.25, -0.2) is 0 Å². The molecule has 1 atom stereocenters. The van der Waals surface area contributed by atoms with Crippen molar-refractivity contribution in [3.63, 3.8) is 0 Å². The van der Waals surface area contributed by atoms with Crippen LogP contribution < -0.4 is 0 Å². The Kier molecular flexibility index (Phi) is 6.86. The fraction of sp³-hybridized carbons (Fsp3) is 1.00. The van der Waals surface area contributed by atoms with E-state index in [4.69, 9.17) is 0 Å². The maximum Gasteiger partial charge on any atom is 0.0100 e. The molecule has 0 N–H and O–H groups in total. The third-order valence-electron chi connectivity index (χ3n) is 4.90. The molecule has 0 aliphatic carbocycles. The van der Waals surface area contributed by atoms with Crippen LogP contribution >= 0.6 is 15.9 Å². The summed E-state index contributed by atoms with van der Waals surface area (Å²) in [6, 6.07) is 0. The SMILES string of the molecule is CCCC(CBr)(CCC)CN1CCC(C(C)(C)C)C1. The van der Waals surface area contributed by atoms with Crippen LogP contribution in [0.2, 0.25) is 0 Å². The van der Waals surface area contributed by atoms with E-state index >= 15 is 0 Å². The Bertz CT molecular complexity index is 250. The first-order valence-electron chi connectivity index (χ1n) is 8.15. The van der Waals surface area contributed by atoms with Crippen LogP contribution in [-0.2, 0) is 0 Å². The van der Waals surface area contributed by atoms with Crippen LogP contribution in [0.3, 0.4) is 0 Å². The molecule has 1 fully saturated rings. The third kappa shape index (κ3) is 5.04. The first-order chi connectivity index (χ1) is 8.87. The first kappa shape index (κ1) is 17.5. The molecule has 0 saturated carbocycles. The fourth-order valence-electron chi connectivity index (χ4n) is 3.68. The third-order valence-corrected chi connectivity index (χ3v) is 6.09. The molecule has 19 heavy (non-hydrogen) atoms. The maximum atomic E-state index is 3.81. The summed E-state index contributed by atoms with van der Waals surface area (Å²) < 4.78 is 0. The molecule has 1 saturated heterocycles. The Morgan fingerprint density at radius 3 is 2.05 bits per heavy atom. The summed E-state index contributed by atoms with van der Waals surface area (Å²) in [5.41, 5.74) is 0.984. The molecule has 0 spiro atoms. The van der Waals surface area contributed by atoms with Crippen LogP contribution in [0, 0.1) is 16.7 Å². The highest BCUT2D eigenvalue weighted by atomic mass is 79.9. The highest BCUT2D eigenvalue weighted by molar-refractivity contribution is 9.09. The second-order valence-electron chi connectivity index (χ2n) is 7.72. The zero-order valence-corrected chi connectivity index (χ0v) is 15.4. The number of halogens is 1. The Morgan fingerprint density at radius 2 is 1.68 bits per heavy atom. The second-order valence-corrected chi connectivity index (χ2v) is 8.28. The molecule has 0 amide bonds. The fourth-order valence-corrected chi connectivity index (χ4v) is 4.42. The molecule has 2 heteroatoms. The number of rotatable bonds is 7. The normalized spacial score (nSPS) is 22.1. The van der Waals surface area contributed by atoms with Crippen molar-refractivity contribution in [2.24, 2.45) is 16.7 Å². The van der Waals surface area contributed by atoms with Crippen LogP contribution in [-0.4, -0.2) is 29.9 Å². The van der Waals surface area contributed by atoms with E-state index in [1.165, 1.54) is 57.1 Å². The second kappa shape index (κ2) is 7.45. The lowest BCUT2D eigenvalue weighted by molar-refractivity contribution is 0.153. The van der Waals surface area contributed by atoms with Crippen molar-refractivity contribution in [3.8, 4) is 0 Å². The van der Waals surface area contributed by atoms with Crippen molar-refractivity contribution in [1.29, 1.82) is 0 Å². The van der Waals surface area contributed by atoms with E-state index in [-0.39, 0.29) is 0 Å². The van der Waals surface area contributed by atoms with Crippen LogP contribution in [0.4, 0.5) is 0 Å². The molecular formula is C17H34BrN. The summed E-state index contributed by atoms with van der Waals surface area (Å²) in [6.45, 7) is 15.8. The van der Waals surface area contributed by atoms with Gasteiger partial charge in [-0.2, -0.15) is 0 Å². The summed E-state index contributed by atoms with van der Waals surface area (Å²) in [6.07, 6.45) is 6.73. The lowest BCUT2D eigenvalue weighted by Crippen LogP contribution is -2.38. The molecule has 0 radical (unpaired) electrons. The Hall–Kier alpha value is 0.440. The van der Waals surface area contributed by atoms with E-state index < -0.39 is 0 Å². The van der Waals surface area contributed by atoms with Gasteiger partial charge >= 0.3 is 0 Å². The number of likely N-dealkylation sites (tertiary alicyclic amines) is 1. The minimum atomic E-state index is 0.474. The molecular weight excluding hydrogens is 298 g/mol. The van der Waals surface area contributed by atoms with Gasteiger partial charge in [0.25, 0.3) is 0 Å². The molecule has 1 heterocycles. The standard InChI is InChI=1S/C17H34BrN/c1-6-9-17(13-18,10-7-2)14-19-11-8-15(12-19)16(3,4)5/h15H,6-14H2,1-5H3. The molecule has 0 aromatic carbocycles. The van der Waals surface area contributed by atoms with Crippen LogP contribution in [0.5, 0.6) is 0 Å². The van der Waals surface area contributed by atoms with Crippen molar-refractivity contribution in [2.45, 2.75) is 66.7 Å². The molecule has 1 nitrogen and oxygen atoms in total. The van der Waals surface area contributed by atoms with E-state index in [2.05, 4.69) is 55.4 Å². The predicted octanol–water partition coefficient (Wildman–Crippen LogP) is 5.34. The molecule has 0 bridgehead atoms. The highest BCUT2D eigenvalue weighted by Gasteiger charge is 2.36. The average Bonchev–Trinajstić information content (AvgIpc) is 2.77. The van der Waals surface area contributed by atoms with E-state index in [9.17, 15) is 0 Å². The lowest BCUT2D eigenvalue weighted by Gasteiger charge is -2.36. The van der Waals surface area contributed by atoms with Gasteiger partial charge in [0.05, 0.1) is 0 Å². The van der Waals surface area contributed by atoms with E-state index in [1.807, 2.05) is 0 Å². The quantitative estimate of drug-likeness (QED) is 0.569. The zero-order valence-electron chi connectivity index (χ0n) is 13.8. The van der Waals surface area contributed by atoms with Gasteiger partial charge in [0, 0.05) is 18.4 Å². The van der Waals surface area contributed by atoms with Gasteiger partial charge in [0.2, 0.25) is 0 Å². The van der Waals surface area contributed by atoms with Gasteiger partial charge in [-0.3, -0.25) is 0 Å². The number of nitrogens with zero attached hydrogens (tertiary/aromatic N) is 1. The highest BCUT2D eigenvalue weighted by Crippen LogP contribution is 2.38. The predicted molar refractivity (Wildman–Crippen MR) is 90.0 cm³/mol. The monoisotopic (exact) mass is 331 g/mol. The van der Waals surface area contributed by atoms with E-state index in [1.54, 1.807) is 0 Å². The van der Waals surface area contributed by atoms with Gasteiger partial charge in [-0.15, -0.1) is 0 Å². The van der Waals surface area contributed by atoms with E-state index in [0.717, 1.165) is 5.92 Å². The van der Waals surface area contributed by atoms with Crippen molar-refractivity contribution >= 4 is 15.9 Å². The van der Waals surface area contributed by atoms with Crippen molar-refractivity contribution < 1.29 is 0 Å². The first-order valence-corrected chi connectivity index (χ1v) is 9.27. The van der Waals surface area contributed by atoms with Crippen LogP contribution in [0.1, 0.15) is 66.7 Å². The van der Waals surface area contributed by atoms with Gasteiger partial charge < -0.3 is 4.90 Å². The van der Waals surface area contributed by atoms with Crippen molar-refractivity contribution in [3.05, 3.63) is 0 Å². The van der Waals surface area contributed by atoms with Crippen molar-refractivity contribution in [1.82, 2.24) is 4.90 Å². The topological polar surface area (TPSA) is 3.24 Å². The molecule has 0 aromatic rings. The molecule has 114 valence electrons. The Morgan fingerprint density at radius 1 is 1.11 bits per heavy atom. The largest absolute Gasteiger partial charge is 0.302 e. The smallest absolute Gasteiger partial charge is 0.0100 e. The molecule has 1 rings (SSSR count). The summed E-state index contributed by atoms with van der Waals surface area (Å²) in [4.78, 5) is 2.74. The summed E-state index contributed by atoms with van der Waals surface area (Å²) in [5, 5.41) is 1.17. The Balaban J connectivity index is 2.61. The summed E-state index contributed by atoms with van der Waals surface area (Å²) >= 11 is 3.81. The van der Waals surface area contributed by atoms with Gasteiger partial charge in [-0.1, -0.05) is 63.4 Å².